The van der Waals surface area contributed by atoms with Gasteiger partial charge in [0, 0.05) is 11.7 Å². The lowest BCUT2D eigenvalue weighted by Crippen LogP contribution is -2.53. The van der Waals surface area contributed by atoms with Crippen LogP contribution in [0.1, 0.15) is 49.7 Å². The van der Waals surface area contributed by atoms with Crippen LogP contribution in [0.4, 0.5) is 5.69 Å². The predicted octanol–water partition coefficient (Wildman–Crippen LogP) is 3.55. The fraction of sp³-hybridized carbons (Fsp3) is 0.611. The highest BCUT2D eigenvalue weighted by Crippen LogP contribution is 2.32. The summed E-state index contributed by atoms with van der Waals surface area (Å²) in [6.07, 6.45) is 7.41. The number of rotatable bonds is 2. The molecule has 2 fully saturated rings. The highest BCUT2D eigenvalue weighted by Gasteiger charge is 2.34. The van der Waals surface area contributed by atoms with Gasteiger partial charge < -0.3 is 10.6 Å². The maximum absolute atomic E-state index is 12.5. The molecule has 2 aliphatic rings. The highest BCUT2D eigenvalue weighted by atomic mass is 16.2. The zero-order valence-corrected chi connectivity index (χ0v) is 13.1. The van der Waals surface area contributed by atoms with Crippen LogP contribution in [-0.4, -0.2) is 18.0 Å². The number of aryl methyl sites for hydroxylation is 1. The first-order valence-electron chi connectivity index (χ1n) is 8.28. The van der Waals surface area contributed by atoms with Crippen molar-refractivity contribution in [2.24, 2.45) is 5.92 Å². The quantitative estimate of drug-likeness (QED) is 0.873. The molecule has 1 saturated heterocycles. The molecular formula is C18H26N2O. The zero-order chi connectivity index (χ0) is 14.8. The Morgan fingerprint density at radius 1 is 1.14 bits per heavy atom. The number of piperidine rings is 1. The Bertz CT molecular complexity index is 526. The molecule has 0 spiro atoms. The molecular weight excluding hydrogens is 260 g/mol. The van der Waals surface area contributed by atoms with Crippen LogP contribution in [0.15, 0.2) is 18.2 Å². The maximum Gasteiger partial charge on any atom is 0.241 e. The average Bonchev–Trinajstić information content (AvgIpc) is 2.51. The Morgan fingerprint density at radius 3 is 2.81 bits per heavy atom. The van der Waals surface area contributed by atoms with Crippen molar-refractivity contribution in [1.29, 1.82) is 0 Å². The number of benzene rings is 1. The summed E-state index contributed by atoms with van der Waals surface area (Å²) in [5.74, 6) is 0.927. The minimum atomic E-state index is -0.0238. The van der Waals surface area contributed by atoms with Gasteiger partial charge in [0.1, 0.15) is 0 Å². The van der Waals surface area contributed by atoms with Gasteiger partial charge in [-0.15, -0.1) is 0 Å². The van der Waals surface area contributed by atoms with Gasteiger partial charge in [0.05, 0.1) is 6.04 Å². The van der Waals surface area contributed by atoms with Crippen molar-refractivity contribution in [2.75, 3.05) is 5.32 Å². The largest absolute Gasteiger partial charge is 0.324 e. The number of amides is 1. The smallest absolute Gasteiger partial charge is 0.241 e. The molecule has 1 aliphatic heterocycles. The molecule has 1 aromatic rings. The van der Waals surface area contributed by atoms with Gasteiger partial charge in [-0.1, -0.05) is 25.0 Å². The predicted molar refractivity (Wildman–Crippen MR) is 86.4 cm³/mol. The molecule has 3 nitrogen and oxygen atoms in total. The highest BCUT2D eigenvalue weighted by molar-refractivity contribution is 5.95. The van der Waals surface area contributed by atoms with Gasteiger partial charge in [0.25, 0.3) is 0 Å². The molecule has 114 valence electrons. The third-order valence-corrected chi connectivity index (χ3v) is 5.33. The van der Waals surface area contributed by atoms with Gasteiger partial charge in [-0.05, 0) is 62.6 Å². The molecule has 1 heterocycles. The Hall–Kier alpha value is -1.35. The molecule has 3 heteroatoms. The second-order valence-corrected chi connectivity index (χ2v) is 6.68. The lowest BCUT2D eigenvalue weighted by Gasteiger charge is -2.39. The second-order valence-electron chi connectivity index (χ2n) is 6.68. The molecule has 0 bridgehead atoms. The van der Waals surface area contributed by atoms with Crippen LogP contribution < -0.4 is 10.6 Å². The molecule has 1 amide bonds. The van der Waals surface area contributed by atoms with E-state index in [1.807, 2.05) is 12.1 Å². The van der Waals surface area contributed by atoms with Crippen LogP contribution in [0.5, 0.6) is 0 Å². The fourth-order valence-corrected chi connectivity index (χ4v) is 3.81. The maximum atomic E-state index is 12.5. The van der Waals surface area contributed by atoms with E-state index in [1.165, 1.54) is 37.7 Å². The summed E-state index contributed by atoms with van der Waals surface area (Å²) >= 11 is 0. The molecule has 21 heavy (non-hydrogen) atoms. The monoisotopic (exact) mass is 286 g/mol. The van der Waals surface area contributed by atoms with Gasteiger partial charge in [-0.2, -0.15) is 0 Å². The number of anilines is 1. The number of nitrogens with one attached hydrogen (secondary N) is 2. The number of carbonyl (C=O) groups is 1. The molecule has 3 atom stereocenters. The molecule has 3 unspecified atom stereocenters. The van der Waals surface area contributed by atoms with Crippen molar-refractivity contribution >= 4 is 11.6 Å². The number of carbonyl (C=O) groups excluding carboxylic acids is 1. The van der Waals surface area contributed by atoms with Crippen LogP contribution >= 0.6 is 0 Å². The first-order valence-corrected chi connectivity index (χ1v) is 8.28. The Kier molecular flexibility index (Phi) is 4.29. The zero-order valence-electron chi connectivity index (χ0n) is 13.1. The average molecular weight is 286 g/mol. The summed E-state index contributed by atoms with van der Waals surface area (Å²) in [7, 11) is 0. The van der Waals surface area contributed by atoms with E-state index in [1.54, 1.807) is 0 Å². The summed E-state index contributed by atoms with van der Waals surface area (Å²) in [5.41, 5.74) is 3.33. The van der Waals surface area contributed by atoms with Crippen molar-refractivity contribution in [1.82, 2.24) is 5.32 Å². The Labute approximate surface area is 127 Å². The minimum Gasteiger partial charge on any atom is -0.324 e. The van der Waals surface area contributed by atoms with Crippen LogP contribution in [0.3, 0.4) is 0 Å². The SMILES string of the molecule is Cc1cccc(NC(=O)C2CCC3CCCCC3N2)c1C. The summed E-state index contributed by atoms with van der Waals surface area (Å²) in [6, 6.07) is 6.61. The summed E-state index contributed by atoms with van der Waals surface area (Å²) < 4.78 is 0. The number of fused-ring (bicyclic) bond motifs is 1. The summed E-state index contributed by atoms with van der Waals surface area (Å²) in [5, 5.41) is 6.71. The molecule has 3 rings (SSSR count). The number of hydrogen-bond donors (Lipinski definition) is 2. The molecule has 2 N–H and O–H groups in total. The van der Waals surface area contributed by atoms with E-state index < -0.39 is 0 Å². The van der Waals surface area contributed by atoms with Gasteiger partial charge in [-0.25, -0.2) is 0 Å². The van der Waals surface area contributed by atoms with Crippen molar-refractivity contribution in [3.63, 3.8) is 0 Å². The van der Waals surface area contributed by atoms with E-state index in [0.29, 0.717) is 6.04 Å². The molecule has 0 radical (unpaired) electrons. The first kappa shape index (κ1) is 14.6. The molecule has 1 aliphatic carbocycles. The van der Waals surface area contributed by atoms with Crippen LogP contribution in [0.25, 0.3) is 0 Å². The second kappa shape index (κ2) is 6.18. The van der Waals surface area contributed by atoms with E-state index >= 15 is 0 Å². The number of hydrogen-bond acceptors (Lipinski definition) is 2. The third-order valence-electron chi connectivity index (χ3n) is 5.33. The van der Waals surface area contributed by atoms with E-state index in [9.17, 15) is 4.79 Å². The summed E-state index contributed by atoms with van der Waals surface area (Å²) in [6.45, 7) is 4.15. The molecule has 1 saturated carbocycles. The standard InChI is InChI=1S/C18H26N2O/c1-12-6-5-9-15(13(12)2)20-18(21)17-11-10-14-7-3-4-8-16(14)19-17/h5-6,9,14,16-17,19H,3-4,7-8,10-11H2,1-2H3,(H,20,21). The van der Waals surface area contributed by atoms with E-state index in [-0.39, 0.29) is 11.9 Å². The van der Waals surface area contributed by atoms with E-state index in [2.05, 4.69) is 30.5 Å². The summed E-state index contributed by atoms with van der Waals surface area (Å²) in [4.78, 5) is 12.5. The van der Waals surface area contributed by atoms with Gasteiger partial charge in [0.15, 0.2) is 0 Å². The molecule has 0 aromatic heterocycles. The van der Waals surface area contributed by atoms with Crippen molar-refractivity contribution in [3.05, 3.63) is 29.3 Å². The van der Waals surface area contributed by atoms with Gasteiger partial charge >= 0.3 is 0 Å². The third kappa shape index (κ3) is 3.13. The van der Waals surface area contributed by atoms with Crippen LogP contribution in [0, 0.1) is 19.8 Å². The normalized spacial score (nSPS) is 28.8. The van der Waals surface area contributed by atoms with Crippen LogP contribution in [0.2, 0.25) is 0 Å². The van der Waals surface area contributed by atoms with Gasteiger partial charge in [0.2, 0.25) is 5.91 Å². The van der Waals surface area contributed by atoms with Gasteiger partial charge in [-0.3, -0.25) is 4.79 Å². The Balaban J connectivity index is 1.64. The fourth-order valence-electron chi connectivity index (χ4n) is 3.81. The van der Waals surface area contributed by atoms with Crippen LogP contribution in [-0.2, 0) is 4.79 Å². The van der Waals surface area contributed by atoms with Crippen molar-refractivity contribution in [3.8, 4) is 0 Å². The van der Waals surface area contributed by atoms with Crippen molar-refractivity contribution in [2.45, 2.75) is 64.5 Å². The van der Waals surface area contributed by atoms with E-state index in [0.717, 1.165) is 23.6 Å². The lowest BCUT2D eigenvalue weighted by atomic mass is 9.77. The Morgan fingerprint density at radius 2 is 1.95 bits per heavy atom. The first-order chi connectivity index (χ1) is 10.1. The van der Waals surface area contributed by atoms with Crippen molar-refractivity contribution < 1.29 is 4.79 Å². The van der Waals surface area contributed by atoms with E-state index in [4.69, 9.17) is 0 Å². The minimum absolute atomic E-state index is 0.0238. The lowest BCUT2D eigenvalue weighted by molar-refractivity contribution is -0.119. The topological polar surface area (TPSA) is 41.1 Å². The molecule has 1 aromatic carbocycles.